The lowest BCUT2D eigenvalue weighted by molar-refractivity contribution is -0.137. The summed E-state index contributed by atoms with van der Waals surface area (Å²) in [6.45, 7) is 1.41. The fourth-order valence-corrected chi connectivity index (χ4v) is 3.37. The van der Waals surface area contributed by atoms with Crippen molar-refractivity contribution in [3.63, 3.8) is 0 Å². The van der Waals surface area contributed by atoms with Gasteiger partial charge in [0.25, 0.3) is 5.56 Å². The molecule has 0 fully saturated rings. The van der Waals surface area contributed by atoms with Gasteiger partial charge in [0.2, 0.25) is 5.91 Å². The number of amides is 1. The average Bonchev–Trinajstić information content (AvgIpc) is 3.16. The van der Waals surface area contributed by atoms with E-state index in [1.807, 2.05) is 0 Å². The zero-order valence-corrected chi connectivity index (χ0v) is 17.9. The first-order valence-corrected chi connectivity index (χ1v) is 10.0. The number of halogens is 4. The molecule has 12 heteroatoms. The van der Waals surface area contributed by atoms with Crippen LogP contribution in [-0.4, -0.2) is 30.5 Å². The van der Waals surface area contributed by atoms with Crippen LogP contribution in [-0.2, 0) is 24.1 Å². The van der Waals surface area contributed by atoms with Crippen molar-refractivity contribution in [3.8, 4) is 0 Å². The number of rotatable bonds is 5. The molecular formula is C21H16ClF3N6O2. The summed E-state index contributed by atoms with van der Waals surface area (Å²) in [6.07, 6.45) is -3.31. The summed E-state index contributed by atoms with van der Waals surface area (Å²) in [5.41, 5.74) is 0.233. The quantitative estimate of drug-likeness (QED) is 0.474. The molecule has 0 spiro atoms. The van der Waals surface area contributed by atoms with Gasteiger partial charge in [-0.2, -0.15) is 13.2 Å². The predicted octanol–water partition coefficient (Wildman–Crippen LogP) is 3.66. The number of nitrogens with one attached hydrogen (secondary N) is 1. The van der Waals surface area contributed by atoms with Crippen LogP contribution < -0.4 is 10.9 Å². The third-order valence-corrected chi connectivity index (χ3v) is 5.10. The Labute approximate surface area is 189 Å². The van der Waals surface area contributed by atoms with Crippen LogP contribution in [0.2, 0.25) is 5.02 Å². The second kappa shape index (κ2) is 8.66. The van der Waals surface area contributed by atoms with E-state index in [1.165, 1.54) is 23.1 Å². The number of fused-ring (bicyclic) bond motifs is 1. The Kier molecular flexibility index (Phi) is 5.90. The topological polar surface area (TPSA) is 94.7 Å². The van der Waals surface area contributed by atoms with E-state index in [-0.39, 0.29) is 24.3 Å². The maximum absolute atomic E-state index is 13.0. The highest BCUT2D eigenvalue weighted by atomic mass is 35.5. The lowest BCUT2D eigenvalue weighted by atomic mass is 10.1. The van der Waals surface area contributed by atoms with Crippen LogP contribution in [0.15, 0.2) is 53.6 Å². The standard InChI is InChI=1S/C21H16ClF3N6O2/c1-12-5-6-15(22)8-16(12)27-17(32)10-30-11-26-19-18(20(30)33)28-29-31(19)9-13-3-2-4-14(7-13)21(23,24)25/h2-8,11H,9-10H2,1H3,(H,27,32). The molecule has 2 aromatic carbocycles. The maximum Gasteiger partial charge on any atom is 0.416 e. The number of hydrogen-bond donors (Lipinski definition) is 1. The summed E-state index contributed by atoms with van der Waals surface area (Å²) in [4.78, 5) is 29.3. The Morgan fingerprint density at radius 3 is 2.73 bits per heavy atom. The van der Waals surface area contributed by atoms with Gasteiger partial charge in [-0.1, -0.05) is 35.0 Å². The number of carbonyl (C=O) groups excluding carboxylic acids is 1. The molecule has 170 valence electrons. The van der Waals surface area contributed by atoms with E-state index in [2.05, 4.69) is 20.6 Å². The number of benzene rings is 2. The molecule has 1 amide bonds. The third-order valence-electron chi connectivity index (χ3n) is 4.87. The molecule has 4 aromatic rings. The average molecular weight is 477 g/mol. The summed E-state index contributed by atoms with van der Waals surface area (Å²) < 4.78 is 41.1. The number of hydrogen-bond acceptors (Lipinski definition) is 5. The van der Waals surface area contributed by atoms with Crippen LogP contribution in [0.5, 0.6) is 0 Å². The molecular weight excluding hydrogens is 461 g/mol. The van der Waals surface area contributed by atoms with Crippen molar-refractivity contribution in [3.05, 3.63) is 80.9 Å². The van der Waals surface area contributed by atoms with Gasteiger partial charge in [-0.15, -0.1) is 5.10 Å². The monoisotopic (exact) mass is 476 g/mol. The number of anilines is 1. The minimum Gasteiger partial charge on any atom is -0.324 e. The molecule has 0 bridgehead atoms. The fourth-order valence-electron chi connectivity index (χ4n) is 3.20. The third kappa shape index (κ3) is 4.87. The molecule has 0 saturated carbocycles. The Balaban J connectivity index is 1.55. The van der Waals surface area contributed by atoms with E-state index in [4.69, 9.17) is 11.6 Å². The molecule has 2 aromatic heterocycles. The summed E-state index contributed by atoms with van der Waals surface area (Å²) >= 11 is 5.95. The molecule has 2 heterocycles. The molecule has 8 nitrogen and oxygen atoms in total. The second-order valence-corrected chi connectivity index (χ2v) is 7.74. The van der Waals surface area contributed by atoms with Crippen molar-refractivity contribution in [2.45, 2.75) is 26.2 Å². The smallest absolute Gasteiger partial charge is 0.324 e. The van der Waals surface area contributed by atoms with Gasteiger partial charge in [0.15, 0.2) is 11.2 Å². The maximum atomic E-state index is 13.0. The number of aromatic nitrogens is 5. The number of aryl methyl sites for hydroxylation is 1. The lowest BCUT2D eigenvalue weighted by Gasteiger charge is -2.10. The highest BCUT2D eigenvalue weighted by Crippen LogP contribution is 2.29. The van der Waals surface area contributed by atoms with Gasteiger partial charge in [0.05, 0.1) is 12.1 Å². The molecule has 4 rings (SSSR count). The first-order chi connectivity index (χ1) is 15.6. The van der Waals surface area contributed by atoms with Crippen LogP contribution in [0, 0.1) is 6.92 Å². The van der Waals surface area contributed by atoms with Gasteiger partial charge >= 0.3 is 6.18 Å². The number of nitrogens with zero attached hydrogens (tertiary/aromatic N) is 5. The van der Waals surface area contributed by atoms with Crippen molar-refractivity contribution in [2.24, 2.45) is 0 Å². The summed E-state index contributed by atoms with van der Waals surface area (Å²) in [7, 11) is 0. The predicted molar refractivity (Wildman–Crippen MR) is 115 cm³/mol. The van der Waals surface area contributed by atoms with Crippen LogP contribution in [0.3, 0.4) is 0 Å². The lowest BCUT2D eigenvalue weighted by Crippen LogP contribution is -2.28. The Bertz CT molecular complexity index is 1410. The van der Waals surface area contributed by atoms with Crippen molar-refractivity contribution in [1.82, 2.24) is 24.5 Å². The van der Waals surface area contributed by atoms with Crippen molar-refractivity contribution in [1.29, 1.82) is 0 Å². The first kappa shape index (κ1) is 22.5. The van der Waals surface area contributed by atoms with Crippen LogP contribution in [0.1, 0.15) is 16.7 Å². The molecule has 0 radical (unpaired) electrons. The molecule has 1 N–H and O–H groups in total. The zero-order valence-electron chi connectivity index (χ0n) is 17.1. The van der Waals surface area contributed by atoms with Crippen molar-refractivity contribution >= 4 is 34.4 Å². The Morgan fingerprint density at radius 2 is 1.97 bits per heavy atom. The molecule has 0 unspecified atom stereocenters. The summed E-state index contributed by atoms with van der Waals surface area (Å²) in [5, 5.41) is 10.8. The van der Waals surface area contributed by atoms with Gasteiger partial charge in [-0.05, 0) is 42.3 Å². The Morgan fingerprint density at radius 1 is 1.18 bits per heavy atom. The molecule has 0 aliphatic carbocycles. The normalized spacial score (nSPS) is 11.7. The van der Waals surface area contributed by atoms with Gasteiger partial charge in [0.1, 0.15) is 12.9 Å². The minimum absolute atomic E-state index is 0.0641. The summed E-state index contributed by atoms with van der Waals surface area (Å²) in [5.74, 6) is -0.472. The molecule has 0 aliphatic heterocycles. The van der Waals surface area contributed by atoms with E-state index in [0.29, 0.717) is 16.3 Å². The number of carbonyl (C=O) groups is 1. The summed E-state index contributed by atoms with van der Waals surface area (Å²) in [6, 6.07) is 9.80. The van der Waals surface area contributed by atoms with E-state index < -0.39 is 23.2 Å². The molecule has 0 atom stereocenters. The first-order valence-electron chi connectivity index (χ1n) is 9.62. The van der Waals surface area contributed by atoms with E-state index >= 15 is 0 Å². The molecule has 0 saturated heterocycles. The van der Waals surface area contributed by atoms with Gasteiger partial charge < -0.3 is 5.32 Å². The van der Waals surface area contributed by atoms with Crippen molar-refractivity contribution in [2.75, 3.05) is 5.32 Å². The van der Waals surface area contributed by atoms with Crippen LogP contribution in [0.4, 0.5) is 18.9 Å². The highest BCUT2D eigenvalue weighted by Gasteiger charge is 2.30. The SMILES string of the molecule is Cc1ccc(Cl)cc1NC(=O)Cn1cnc2c(nnn2Cc2cccc(C(F)(F)F)c2)c1=O. The molecule has 33 heavy (non-hydrogen) atoms. The zero-order chi connectivity index (χ0) is 23.8. The van der Waals surface area contributed by atoms with E-state index in [9.17, 15) is 22.8 Å². The second-order valence-electron chi connectivity index (χ2n) is 7.30. The largest absolute Gasteiger partial charge is 0.416 e. The fraction of sp³-hybridized carbons (Fsp3) is 0.190. The van der Waals surface area contributed by atoms with Gasteiger partial charge in [-0.3, -0.25) is 14.2 Å². The molecule has 0 aliphatic rings. The minimum atomic E-state index is -4.48. The van der Waals surface area contributed by atoms with E-state index in [1.54, 1.807) is 25.1 Å². The van der Waals surface area contributed by atoms with Gasteiger partial charge in [-0.25, -0.2) is 9.67 Å². The van der Waals surface area contributed by atoms with E-state index in [0.717, 1.165) is 22.3 Å². The van der Waals surface area contributed by atoms with Crippen LogP contribution >= 0.6 is 11.6 Å². The Hall–Kier alpha value is -3.73. The van der Waals surface area contributed by atoms with Crippen molar-refractivity contribution < 1.29 is 18.0 Å². The van der Waals surface area contributed by atoms with Gasteiger partial charge in [0, 0.05) is 10.7 Å². The number of alkyl halides is 3. The highest BCUT2D eigenvalue weighted by molar-refractivity contribution is 6.31. The van der Waals surface area contributed by atoms with Crippen LogP contribution in [0.25, 0.3) is 11.2 Å².